The van der Waals surface area contributed by atoms with Gasteiger partial charge >= 0.3 is 5.76 Å². The van der Waals surface area contributed by atoms with Crippen LogP contribution < -0.4 is 5.32 Å². The number of halogens is 3. The Hall–Kier alpha value is -2.00. The van der Waals surface area contributed by atoms with Crippen LogP contribution in [0.25, 0.3) is 5.65 Å². The molecular weight excluding hydrogens is 404 g/mol. The molecule has 2 aromatic heterocycles. The highest BCUT2D eigenvalue weighted by atomic mass is 79.9. The molecule has 1 aromatic carbocycles. The van der Waals surface area contributed by atoms with Gasteiger partial charge in [0.05, 0.1) is 17.1 Å². The molecule has 0 unspecified atom stereocenters. The average molecular weight is 416 g/mol. The van der Waals surface area contributed by atoms with E-state index < -0.39 is 20.5 Å². The number of benzene rings is 1. The summed E-state index contributed by atoms with van der Waals surface area (Å²) >= 11 is 3.38. The maximum absolute atomic E-state index is 12.5. The first kappa shape index (κ1) is 16.8. The Morgan fingerprint density at radius 2 is 1.83 bits per heavy atom. The first-order valence-corrected chi connectivity index (χ1v) is 9.19. The van der Waals surface area contributed by atoms with Crippen LogP contribution in [0.3, 0.4) is 0 Å². The van der Waals surface area contributed by atoms with Crippen LogP contribution in [0.4, 0.5) is 14.5 Å². The van der Waals surface area contributed by atoms with Gasteiger partial charge in [-0.3, -0.25) is 0 Å². The summed E-state index contributed by atoms with van der Waals surface area (Å²) in [4.78, 5) is 4.03. The molecule has 0 fully saturated rings. The van der Waals surface area contributed by atoms with E-state index in [0.717, 1.165) is 27.9 Å². The van der Waals surface area contributed by atoms with Crippen LogP contribution >= 0.6 is 15.9 Å². The summed E-state index contributed by atoms with van der Waals surface area (Å²) in [7, 11) is -4.56. The summed E-state index contributed by atoms with van der Waals surface area (Å²) in [6.45, 7) is 0.417. The monoisotopic (exact) mass is 415 g/mol. The minimum absolute atomic E-state index is 0.402. The molecule has 1 N–H and O–H groups in total. The zero-order chi connectivity index (χ0) is 17.3. The summed E-state index contributed by atoms with van der Waals surface area (Å²) in [5.74, 6) is -3.42. The van der Waals surface area contributed by atoms with Gasteiger partial charge in [0.2, 0.25) is 9.84 Å². The third kappa shape index (κ3) is 3.41. The van der Waals surface area contributed by atoms with Crippen molar-refractivity contribution in [1.82, 2.24) is 9.38 Å². The third-order valence-electron chi connectivity index (χ3n) is 3.36. The lowest BCUT2D eigenvalue weighted by atomic mass is 10.3. The fourth-order valence-corrected chi connectivity index (χ4v) is 3.23. The minimum Gasteiger partial charge on any atom is -0.379 e. The molecule has 0 atom stereocenters. The predicted molar refractivity (Wildman–Crippen MR) is 89.9 cm³/mol. The van der Waals surface area contributed by atoms with Gasteiger partial charge in [-0.2, -0.15) is 8.78 Å². The van der Waals surface area contributed by atoms with Crippen LogP contribution in [0, 0.1) is 0 Å². The average Bonchev–Trinajstić information content (AvgIpc) is 2.95. The van der Waals surface area contributed by atoms with E-state index in [1.165, 1.54) is 12.1 Å². The van der Waals surface area contributed by atoms with Gasteiger partial charge in [0.1, 0.15) is 5.65 Å². The summed E-state index contributed by atoms with van der Waals surface area (Å²) in [5, 5.41) is 3.07. The van der Waals surface area contributed by atoms with Gasteiger partial charge < -0.3 is 9.72 Å². The van der Waals surface area contributed by atoms with Crippen molar-refractivity contribution in [2.45, 2.75) is 17.2 Å². The highest BCUT2D eigenvalue weighted by Crippen LogP contribution is 2.20. The molecule has 0 saturated carbocycles. The first-order chi connectivity index (χ1) is 11.4. The van der Waals surface area contributed by atoms with Crippen LogP contribution in [0.1, 0.15) is 5.69 Å². The normalized spacial score (nSPS) is 12.0. The number of imidazole rings is 1. The number of hydrogen-bond donors (Lipinski definition) is 1. The maximum Gasteiger partial charge on any atom is 0.341 e. The number of hydrogen-bond acceptors (Lipinski definition) is 4. The molecule has 0 saturated heterocycles. The first-order valence-electron chi connectivity index (χ1n) is 6.85. The van der Waals surface area contributed by atoms with Crippen LogP contribution in [0.5, 0.6) is 0 Å². The molecule has 0 amide bonds. The second kappa shape index (κ2) is 6.48. The number of pyridine rings is 1. The third-order valence-corrected chi connectivity index (χ3v) is 5.22. The van der Waals surface area contributed by atoms with Gasteiger partial charge in [-0.15, -0.1) is 0 Å². The lowest BCUT2D eigenvalue weighted by Crippen LogP contribution is -2.11. The molecule has 0 aliphatic rings. The molecule has 0 aliphatic carbocycles. The lowest BCUT2D eigenvalue weighted by molar-refractivity contribution is 0.234. The second-order valence-electron chi connectivity index (χ2n) is 5.03. The molecule has 3 rings (SSSR count). The van der Waals surface area contributed by atoms with Gasteiger partial charge in [0.15, 0.2) is 0 Å². The Kier molecular flexibility index (Phi) is 4.55. The molecule has 0 radical (unpaired) electrons. The van der Waals surface area contributed by atoms with Crippen molar-refractivity contribution in [2.24, 2.45) is 0 Å². The number of sulfone groups is 1. The number of nitrogens with zero attached hydrogens (tertiary/aromatic N) is 2. The molecule has 3 aromatic rings. The number of fused-ring (bicyclic) bond motifs is 1. The van der Waals surface area contributed by atoms with E-state index in [0.29, 0.717) is 12.2 Å². The standard InChI is InChI=1S/C15H12BrF2N3O2S/c16-10-1-6-14-20-12(9-21(14)8-10)7-19-11-2-4-13(5-3-11)24(22,23)15(17)18/h1-6,8-9,15,19H,7H2. The smallest absolute Gasteiger partial charge is 0.341 e. The maximum atomic E-state index is 12.5. The highest BCUT2D eigenvalue weighted by Gasteiger charge is 2.26. The van der Waals surface area contributed by atoms with E-state index in [2.05, 4.69) is 26.2 Å². The van der Waals surface area contributed by atoms with E-state index in [-0.39, 0.29) is 0 Å². The van der Waals surface area contributed by atoms with E-state index in [1.807, 2.05) is 28.9 Å². The molecule has 2 heterocycles. The van der Waals surface area contributed by atoms with Crippen LogP contribution in [0.2, 0.25) is 0 Å². The quantitative estimate of drug-likeness (QED) is 0.689. The zero-order valence-corrected chi connectivity index (χ0v) is 14.6. The molecule has 0 spiro atoms. The van der Waals surface area contributed by atoms with Crippen molar-refractivity contribution in [3.05, 3.63) is 59.0 Å². The fourth-order valence-electron chi connectivity index (χ4n) is 2.16. The van der Waals surface area contributed by atoms with E-state index in [9.17, 15) is 17.2 Å². The van der Waals surface area contributed by atoms with Gasteiger partial charge in [0, 0.05) is 22.6 Å². The zero-order valence-electron chi connectivity index (χ0n) is 12.2. The van der Waals surface area contributed by atoms with Crippen LogP contribution in [-0.2, 0) is 16.4 Å². The largest absolute Gasteiger partial charge is 0.379 e. The van der Waals surface area contributed by atoms with Crippen LogP contribution in [0.15, 0.2) is 58.2 Å². The SMILES string of the molecule is O=S(=O)(c1ccc(NCc2cn3cc(Br)ccc3n2)cc1)C(F)F. The van der Waals surface area contributed by atoms with Gasteiger partial charge in [-0.05, 0) is 52.3 Å². The van der Waals surface area contributed by atoms with Crippen molar-refractivity contribution in [3.8, 4) is 0 Å². The minimum atomic E-state index is -4.56. The van der Waals surface area contributed by atoms with E-state index in [1.54, 1.807) is 0 Å². The summed E-state index contributed by atoms with van der Waals surface area (Å²) < 4.78 is 50.5. The Bertz CT molecular complexity index is 972. The van der Waals surface area contributed by atoms with E-state index >= 15 is 0 Å². The number of anilines is 1. The predicted octanol–water partition coefficient (Wildman–Crippen LogP) is 3.71. The number of nitrogens with one attached hydrogen (secondary N) is 1. The number of aromatic nitrogens is 2. The summed E-state index contributed by atoms with van der Waals surface area (Å²) in [6, 6.07) is 8.97. The molecule has 9 heteroatoms. The molecule has 0 bridgehead atoms. The topological polar surface area (TPSA) is 63.5 Å². The summed E-state index contributed by atoms with van der Waals surface area (Å²) in [6.07, 6.45) is 3.75. The van der Waals surface area contributed by atoms with Crippen molar-refractivity contribution < 1.29 is 17.2 Å². The lowest BCUT2D eigenvalue weighted by Gasteiger charge is -2.06. The van der Waals surface area contributed by atoms with Crippen molar-refractivity contribution >= 4 is 37.1 Å². The Morgan fingerprint density at radius 3 is 2.50 bits per heavy atom. The molecular formula is C15H12BrF2N3O2S. The summed E-state index contributed by atoms with van der Waals surface area (Å²) in [5.41, 5.74) is 2.20. The molecule has 24 heavy (non-hydrogen) atoms. The van der Waals surface area contributed by atoms with Gasteiger partial charge in [-0.1, -0.05) is 0 Å². The van der Waals surface area contributed by atoms with Gasteiger partial charge in [0.25, 0.3) is 0 Å². The molecule has 5 nitrogen and oxygen atoms in total. The number of alkyl halides is 2. The van der Waals surface area contributed by atoms with Crippen molar-refractivity contribution in [3.63, 3.8) is 0 Å². The Labute approximate surface area is 145 Å². The number of rotatable bonds is 5. The second-order valence-corrected chi connectivity index (χ2v) is 7.86. The Balaban J connectivity index is 1.72. The van der Waals surface area contributed by atoms with Crippen molar-refractivity contribution in [2.75, 3.05) is 5.32 Å². The fraction of sp³-hybridized carbons (Fsp3) is 0.133. The van der Waals surface area contributed by atoms with E-state index in [4.69, 9.17) is 0 Å². The van der Waals surface area contributed by atoms with Crippen LogP contribution in [-0.4, -0.2) is 23.6 Å². The van der Waals surface area contributed by atoms with Crippen molar-refractivity contribution in [1.29, 1.82) is 0 Å². The van der Waals surface area contributed by atoms with Gasteiger partial charge in [-0.25, -0.2) is 13.4 Å². The Morgan fingerprint density at radius 1 is 1.12 bits per heavy atom. The molecule has 0 aliphatic heterocycles. The molecule has 126 valence electrons. The highest BCUT2D eigenvalue weighted by molar-refractivity contribution is 9.10.